The first kappa shape index (κ1) is 74.3. The van der Waals surface area contributed by atoms with Crippen LogP contribution in [0.2, 0.25) is 0 Å². The lowest BCUT2D eigenvalue weighted by Crippen LogP contribution is -2.43. The quantitative estimate of drug-likeness (QED) is 0.0173. The number of carbonyl (C=O) groups is 9. The lowest BCUT2D eigenvalue weighted by molar-refractivity contribution is -0.154. The van der Waals surface area contributed by atoms with Gasteiger partial charge in [-0.05, 0) is 113 Å². The average Bonchev–Trinajstić information content (AvgIpc) is 1.66. The molecule has 2 bridgehead atoms. The molecule has 3 heterocycles. The molecule has 29 heteroatoms. The Bertz CT molecular complexity index is 3330. The summed E-state index contributed by atoms with van der Waals surface area (Å²) in [4.78, 5) is 132. The smallest absolute Gasteiger partial charge is 0.303 e. The van der Waals surface area contributed by atoms with Crippen LogP contribution in [0.1, 0.15) is 131 Å². The van der Waals surface area contributed by atoms with Crippen LogP contribution in [0.3, 0.4) is 0 Å². The third kappa shape index (κ3) is 23.3. The van der Waals surface area contributed by atoms with Crippen LogP contribution >= 0.6 is 23.5 Å². The number of aromatic hydroxyl groups is 1. The summed E-state index contributed by atoms with van der Waals surface area (Å²) in [5, 5.41) is 31.4. The van der Waals surface area contributed by atoms with Crippen LogP contribution in [0.4, 0.5) is 11.8 Å². The van der Waals surface area contributed by atoms with E-state index in [4.69, 9.17) is 20.9 Å². The maximum absolute atomic E-state index is 14.4. The molecule has 95 heavy (non-hydrogen) atoms. The molecule has 12 N–H and O–H groups in total. The van der Waals surface area contributed by atoms with E-state index in [9.17, 15) is 48.3 Å². The predicted octanol–water partition coefficient (Wildman–Crippen LogP) is 3.79. The number of imide groups is 1. The summed E-state index contributed by atoms with van der Waals surface area (Å²) in [5.41, 5.74) is 15.9. The molecule has 1 saturated carbocycles. The van der Waals surface area contributed by atoms with Gasteiger partial charge in [-0.3, -0.25) is 52.6 Å². The number of benzene rings is 1. The van der Waals surface area contributed by atoms with Gasteiger partial charge in [-0.1, -0.05) is 74.0 Å². The number of fused-ring (bicyclic) bond motifs is 3. The monoisotopic (exact) mass is 1350 g/mol. The van der Waals surface area contributed by atoms with Gasteiger partial charge in [-0.2, -0.15) is 26.7 Å². The van der Waals surface area contributed by atoms with Crippen molar-refractivity contribution in [1.82, 2.24) is 61.2 Å². The number of carbonyl (C=O) groups excluding carboxylic acids is 9. The van der Waals surface area contributed by atoms with Gasteiger partial charge in [0.25, 0.3) is 11.9 Å². The highest BCUT2D eigenvalue weighted by Crippen LogP contribution is 2.36. The third-order valence-electron chi connectivity index (χ3n) is 16.5. The number of hydrogen-bond donors (Lipinski definition) is 10. The van der Waals surface area contributed by atoms with Crippen LogP contribution in [0, 0.1) is 11.8 Å². The molecule has 7 amide bonds. The van der Waals surface area contributed by atoms with E-state index in [-0.39, 0.29) is 122 Å². The van der Waals surface area contributed by atoms with Gasteiger partial charge >= 0.3 is 11.9 Å². The molecule has 0 radical (unpaired) electrons. The van der Waals surface area contributed by atoms with Gasteiger partial charge in [-0.15, -0.1) is 11.8 Å². The number of rotatable bonds is 38. The molecule has 5 atom stereocenters. The summed E-state index contributed by atoms with van der Waals surface area (Å²) >= 11 is 2.50. The van der Waals surface area contributed by atoms with Crippen LogP contribution in [-0.4, -0.2) is 195 Å². The Labute approximate surface area is 563 Å². The van der Waals surface area contributed by atoms with Crippen molar-refractivity contribution in [2.24, 2.45) is 17.6 Å². The highest BCUT2D eigenvalue weighted by atomic mass is 32.2. The lowest BCUT2D eigenvalue weighted by Gasteiger charge is -2.33. The van der Waals surface area contributed by atoms with Gasteiger partial charge in [0.1, 0.15) is 12.7 Å². The van der Waals surface area contributed by atoms with E-state index in [2.05, 4.69) is 65.2 Å². The van der Waals surface area contributed by atoms with E-state index in [0.717, 1.165) is 36.0 Å². The number of anilines is 2. The molecular weight excluding hydrogens is 1260 g/mol. The molecule has 27 nitrogen and oxygen atoms in total. The Hall–Kier alpha value is -8.12. The second kappa shape index (κ2) is 38.4. The number of ether oxygens (including phenoxy) is 2. The zero-order chi connectivity index (χ0) is 68.2. The minimum absolute atomic E-state index is 0.0117. The summed E-state index contributed by atoms with van der Waals surface area (Å²) in [7, 11) is 1.85. The van der Waals surface area contributed by atoms with Crippen LogP contribution in [0.5, 0.6) is 6.01 Å². The second-order valence-electron chi connectivity index (χ2n) is 23.9. The first-order chi connectivity index (χ1) is 45.8. The number of esters is 2. The van der Waals surface area contributed by atoms with Crippen molar-refractivity contribution in [1.29, 1.82) is 0 Å². The Kier molecular flexibility index (Phi) is 30.1. The van der Waals surface area contributed by atoms with Gasteiger partial charge in [-0.25, -0.2) is 0 Å². The molecule has 2 aromatic carbocycles. The van der Waals surface area contributed by atoms with Crippen molar-refractivity contribution in [2.45, 2.75) is 127 Å². The van der Waals surface area contributed by atoms with Crippen LogP contribution in [0.15, 0.2) is 72.8 Å². The number of unbranched alkanes of at least 4 members (excludes halogenated alkanes) is 2. The first-order valence-electron chi connectivity index (χ1n) is 32.7. The molecule has 1 saturated heterocycles. The van der Waals surface area contributed by atoms with Crippen molar-refractivity contribution < 1.29 is 57.7 Å². The van der Waals surface area contributed by atoms with Crippen LogP contribution < -0.4 is 48.7 Å². The third-order valence-corrected chi connectivity index (χ3v) is 18.9. The molecule has 2 aliphatic carbocycles. The average molecular weight is 1350 g/mol. The molecular formula is C66H93N15O12S2. The summed E-state index contributed by atoms with van der Waals surface area (Å²) in [6.07, 6.45) is 6.28. The van der Waals surface area contributed by atoms with Crippen LogP contribution in [-0.2, 0) is 54.4 Å². The fraction of sp³-hybridized carbons (Fsp3) is 0.545. The minimum atomic E-state index is -0.796. The fourth-order valence-corrected chi connectivity index (χ4v) is 13.4. The number of hydrogen-bond acceptors (Lipinski definition) is 22. The Morgan fingerprint density at radius 3 is 2.20 bits per heavy atom. The number of nitrogen functional groups attached to an aromatic ring is 1. The molecule has 0 spiro atoms. The predicted molar refractivity (Wildman–Crippen MR) is 364 cm³/mol. The SMILES string of the molecule is CCCCNc1nc(N)c2nc(O)n(Cc3ccc(C(=O)NCC(=O)NCCCN(CCCCNCCCNC(=O)C(N)CSCC(COC(C)=O)OC(C)=O)C(=O)C4CCC(CN5C(=O)CC(SCC(=O)NC6c7cccccccc(c7)C6NC)C5=O)CC4)cc3)c2n1. The van der Waals surface area contributed by atoms with E-state index < -0.39 is 41.1 Å². The maximum atomic E-state index is 14.4. The van der Waals surface area contributed by atoms with E-state index in [0.29, 0.717) is 107 Å². The van der Waals surface area contributed by atoms with Crippen LogP contribution in [0.25, 0.3) is 11.2 Å². The fourth-order valence-electron chi connectivity index (χ4n) is 11.5. The highest BCUT2D eigenvalue weighted by molar-refractivity contribution is 8.01. The van der Waals surface area contributed by atoms with E-state index in [1.54, 1.807) is 24.3 Å². The highest BCUT2D eigenvalue weighted by Gasteiger charge is 2.41. The number of thioether (sulfide) groups is 2. The van der Waals surface area contributed by atoms with Gasteiger partial charge in [0, 0.05) is 82.5 Å². The number of likely N-dealkylation sites (N-methyl/N-ethyl adjacent to an activating group) is 1. The van der Waals surface area contributed by atoms with E-state index >= 15 is 0 Å². The summed E-state index contributed by atoms with van der Waals surface area (Å²) in [5.74, 6) is -2.15. The molecule has 3 aliphatic rings. The van der Waals surface area contributed by atoms with E-state index in [1.165, 1.54) is 46.8 Å². The molecule has 4 aromatic rings. The largest absolute Gasteiger partial charge is 0.480 e. The zero-order valence-electron chi connectivity index (χ0n) is 54.7. The minimum Gasteiger partial charge on any atom is -0.480 e. The molecule has 516 valence electrons. The van der Waals surface area contributed by atoms with E-state index in [1.807, 2.05) is 54.4 Å². The van der Waals surface area contributed by atoms with Crippen molar-refractivity contribution in [3.63, 3.8) is 0 Å². The molecule has 7 rings (SSSR count). The van der Waals surface area contributed by atoms with Gasteiger partial charge in [0.15, 0.2) is 17.0 Å². The van der Waals surface area contributed by atoms with Crippen molar-refractivity contribution >= 4 is 99.7 Å². The number of nitrogens with zero attached hydrogens (tertiary/aromatic N) is 6. The van der Waals surface area contributed by atoms with Gasteiger partial charge < -0.3 is 68.2 Å². The number of aromatic nitrogens is 4. The van der Waals surface area contributed by atoms with Gasteiger partial charge in [0.2, 0.25) is 41.4 Å². The lowest BCUT2D eigenvalue weighted by atomic mass is 9.81. The summed E-state index contributed by atoms with van der Waals surface area (Å²) in [6.45, 7) is 8.13. The number of nitrogens with two attached hydrogens (primary N) is 2. The number of amides is 7. The normalized spacial score (nSPS) is 17.9. The molecule has 2 aromatic heterocycles. The van der Waals surface area contributed by atoms with Crippen molar-refractivity contribution in [3.8, 4) is 6.01 Å². The zero-order valence-corrected chi connectivity index (χ0v) is 56.4. The molecule has 2 fully saturated rings. The maximum Gasteiger partial charge on any atom is 0.303 e. The summed E-state index contributed by atoms with van der Waals surface area (Å²) < 4.78 is 11.7. The van der Waals surface area contributed by atoms with Crippen molar-refractivity contribution in [2.75, 3.05) is 101 Å². The number of imidazole rings is 1. The van der Waals surface area contributed by atoms with Gasteiger partial charge in [0.05, 0.1) is 42.2 Å². The first-order valence-corrected chi connectivity index (χ1v) is 34.9. The standard InChI is InChI=1S/C66H93N15O12S2/c1-5-6-28-73-65-77-59(68)58-60(78-65)81(66(91)76-58)37-45-18-22-46(23-19-45)61(87)74-35-53(84)71-30-15-32-79(31-13-12-26-70-27-14-29-72-62(88)51(67)40-94-39-50(93-43(3)83)38-92-42(2)82)63(89)47-24-20-44(21-25-47)36-80-55(86)34-52(64(80)90)95-41-54(85)75-57-49-17-11-9-7-8-10-16-48(33-49)56(57)69-4/h7-11,16-19,22-23,33,44,47,50-52,56-57,69-70H,5-6,12-15,20-21,24-32,34-41,67H2,1-4H3,(H,71,84)(H,72,88)(H,74,87)(H,75,85)(H,76,91)(H3,68,73,77,78). The molecule has 5 unspecified atom stereocenters. The second-order valence-corrected chi connectivity index (χ2v) is 26.2. The Balaban J connectivity index is 0.846. The number of likely N-dealkylation sites (tertiary alicyclic amines) is 1. The molecule has 1 aliphatic heterocycles. The number of nitrogens with one attached hydrogen (secondary N) is 7. The Morgan fingerprint density at radius 2 is 1.48 bits per heavy atom. The van der Waals surface area contributed by atoms with Crippen molar-refractivity contribution in [3.05, 3.63) is 95.1 Å². The Morgan fingerprint density at radius 1 is 0.779 bits per heavy atom. The topological polar surface area (TPSA) is 379 Å². The summed E-state index contributed by atoms with van der Waals surface area (Å²) in [6, 6.07) is 20.9.